The molecular weight excluding hydrogens is 398 g/mol. The van der Waals surface area contributed by atoms with Crippen molar-refractivity contribution in [3.63, 3.8) is 0 Å². The van der Waals surface area contributed by atoms with Gasteiger partial charge in [0.05, 0.1) is 0 Å². The molecule has 0 atom stereocenters. The number of aliphatic carboxylic acids is 1. The van der Waals surface area contributed by atoms with Gasteiger partial charge in [-0.1, -0.05) is 108 Å². The fraction of sp³-hybridized carbons (Fsp3) is 0.704. The summed E-state index contributed by atoms with van der Waals surface area (Å²) in [5, 5.41) is 8.60. The van der Waals surface area contributed by atoms with Crippen molar-refractivity contribution in [3.8, 4) is 0 Å². The van der Waals surface area contributed by atoms with Crippen LogP contribution in [0, 0.1) is 0 Å². The molecule has 0 unspecified atom stereocenters. The summed E-state index contributed by atoms with van der Waals surface area (Å²) < 4.78 is 0. The van der Waals surface area contributed by atoms with Crippen LogP contribution in [-0.4, -0.2) is 30.6 Å². The first-order chi connectivity index (χ1) is 15.6. The monoisotopic (exact) mass is 445 g/mol. The van der Waals surface area contributed by atoms with Gasteiger partial charge in [-0.15, -0.1) is 0 Å². The van der Waals surface area contributed by atoms with E-state index in [4.69, 9.17) is 10.8 Å². The molecule has 0 bridgehead atoms. The van der Waals surface area contributed by atoms with Crippen LogP contribution in [-0.2, 0) is 4.79 Å². The highest BCUT2D eigenvalue weighted by Gasteiger charge is 2.03. The van der Waals surface area contributed by atoms with Gasteiger partial charge in [-0.3, -0.25) is 9.79 Å². The lowest BCUT2D eigenvalue weighted by Gasteiger charge is -2.17. The van der Waals surface area contributed by atoms with Crippen LogP contribution in [0.4, 0.5) is 5.69 Å². The summed E-state index contributed by atoms with van der Waals surface area (Å²) in [6, 6.07) is 10.1. The summed E-state index contributed by atoms with van der Waals surface area (Å²) in [6.45, 7) is 0.811. The number of anilines is 1. The van der Waals surface area contributed by atoms with Crippen LogP contribution in [0.5, 0.6) is 0 Å². The molecule has 0 amide bonds. The average molecular weight is 446 g/mol. The molecule has 3 N–H and O–H groups in total. The van der Waals surface area contributed by atoms with Crippen molar-refractivity contribution in [1.29, 1.82) is 0 Å². The first kappa shape index (κ1) is 28.0. The van der Waals surface area contributed by atoms with E-state index < -0.39 is 5.97 Å². The molecule has 0 radical (unpaired) electrons. The topological polar surface area (TPSA) is 78.9 Å². The normalized spacial score (nSPS) is 11.6. The summed E-state index contributed by atoms with van der Waals surface area (Å²) in [6.07, 6.45) is 20.6. The minimum atomic E-state index is -0.663. The summed E-state index contributed by atoms with van der Waals surface area (Å²) >= 11 is 0. The van der Waals surface area contributed by atoms with E-state index in [0.717, 1.165) is 31.5 Å². The summed E-state index contributed by atoms with van der Waals surface area (Å²) in [7, 11) is 1.96. The first-order valence-corrected chi connectivity index (χ1v) is 12.9. The molecule has 0 saturated carbocycles. The predicted molar refractivity (Wildman–Crippen MR) is 137 cm³/mol. The number of carboxylic acid groups (broad SMARTS) is 1. The predicted octanol–water partition coefficient (Wildman–Crippen LogP) is 7.15. The van der Waals surface area contributed by atoms with Crippen molar-refractivity contribution in [2.45, 2.75) is 109 Å². The van der Waals surface area contributed by atoms with Crippen LogP contribution in [0.2, 0.25) is 0 Å². The second kappa shape index (κ2) is 19.6. The van der Waals surface area contributed by atoms with E-state index in [9.17, 15) is 4.79 Å². The Labute approximate surface area is 196 Å². The number of para-hydroxylation sites is 1. The molecule has 0 heterocycles. The van der Waals surface area contributed by atoms with Crippen molar-refractivity contribution in [2.75, 3.05) is 18.5 Å². The Bertz CT molecular complexity index is 604. The van der Waals surface area contributed by atoms with Crippen molar-refractivity contribution in [3.05, 3.63) is 30.3 Å². The van der Waals surface area contributed by atoms with Crippen molar-refractivity contribution in [1.82, 2.24) is 0 Å². The maximum absolute atomic E-state index is 10.4. The maximum Gasteiger partial charge on any atom is 0.303 e. The summed E-state index contributed by atoms with van der Waals surface area (Å²) in [5.74, 6) is -0.0735. The Morgan fingerprint density at radius 1 is 0.750 bits per heavy atom. The molecule has 0 aromatic heterocycles. The van der Waals surface area contributed by atoms with Gasteiger partial charge < -0.3 is 15.7 Å². The SMILES string of the molecule is CN(C(N)=NCCCCCCCCCCCCCCCCCCC(=O)O)c1ccccc1. The van der Waals surface area contributed by atoms with Gasteiger partial charge in [-0.25, -0.2) is 0 Å². The molecular formula is C27H47N3O2. The molecule has 32 heavy (non-hydrogen) atoms. The van der Waals surface area contributed by atoms with Gasteiger partial charge in [0.1, 0.15) is 0 Å². The van der Waals surface area contributed by atoms with Crippen molar-refractivity contribution in [2.24, 2.45) is 10.7 Å². The number of carboxylic acids is 1. The van der Waals surface area contributed by atoms with Gasteiger partial charge >= 0.3 is 5.97 Å². The van der Waals surface area contributed by atoms with Crippen molar-refractivity contribution < 1.29 is 9.90 Å². The number of nitrogens with two attached hydrogens (primary N) is 1. The Balaban J connectivity index is 1.81. The summed E-state index contributed by atoms with van der Waals surface area (Å²) in [5.41, 5.74) is 7.16. The number of rotatable bonds is 20. The highest BCUT2D eigenvalue weighted by molar-refractivity contribution is 5.94. The number of hydrogen-bond donors (Lipinski definition) is 2. The largest absolute Gasteiger partial charge is 0.481 e. The number of guanidine groups is 1. The second-order valence-electron chi connectivity index (χ2n) is 8.94. The van der Waals surface area contributed by atoms with Gasteiger partial charge in [0, 0.05) is 25.7 Å². The standard InChI is InChI=1S/C27H47N3O2/c1-30(25-21-17-16-18-22-25)27(28)29-24-20-15-13-11-9-7-5-3-2-4-6-8-10-12-14-19-23-26(31)32/h16-18,21-22H,2-15,19-20,23-24H2,1H3,(H2,28,29)(H,31,32). The third kappa shape index (κ3) is 15.7. The molecule has 0 spiro atoms. The molecule has 5 heteroatoms. The zero-order chi connectivity index (χ0) is 23.3. The minimum absolute atomic E-state index is 0.330. The highest BCUT2D eigenvalue weighted by Crippen LogP contribution is 2.14. The van der Waals surface area contributed by atoms with Crippen molar-refractivity contribution >= 4 is 17.6 Å². The smallest absolute Gasteiger partial charge is 0.303 e. The molecule has 0 aliphatic heterocycles. The number of aliphatic imine (C=N–C) groups is 1. The Kier molecular flexibility index (Phi) is 17.2. The molecule has 0 aliphatic carbocycles. The van der Waals surface area contributed by atoms with Gasteiger partial charge in [0.25, 0.3) is 0 Å². The minimum Gasteiger partial charge on any atom is -0.481 e. The number of unbranched alkanes of at least 4 members (excludes halogenated alkanes) is 15. The van der Waals surface area contributed by atoms with Crippen LogP contribution in [0.25, 0.3) is 0 Å². The van der Waals surface area contributed by atoms with Crippen LogP contribution >= 0.6 is 0 Å². The van der Waals surface area contributed by atoms with Gasteiger partial charge in [0.2, 0.25) is 0 Å². The number of carbonyl (C=O) groups is 1. The number of hydrogen-bond acceptors (Lipinski definition) is 2. The Morgan fingerprint density at radius 2 is 1.16 bits per heavy atom. The molecule has 0 fully saturated rings. The fourth-order valence-electron chi connectivity index (χ4n) is 3.95. The maximum atomic E-state index is 10.4. The second-order valence-corrected chi connectivity index (χ2v) is 8.94. The van der Waals surface area contributed by atoms with Gasteiger partial charge in [-0.2, -0.15) is 0 Å². The Hall–Kier alpha value is -2.04. The molecule has 1 aromatic rings. The van der Waals surface area contributed by atoms with E-state index >= 15 is 0 Å². The number of nitrogens with zero attached hydrogens (tertiary/aromatic N) is 2. The van der Waals surface area contributed by atoms with Crippen LogP contribution < -0.4 is 10.6 Å². The lowest BCUT2D eigenvalue weighted by molar-refractivity contribution is -0.137. The molecule has 1 rings (SSSR count). The zero-order valence-electron chi connectivity index (χ0n) is 20.4. The quantitative estimate of drug-likeness (QED) is 0.127. The Morgan fingerprint density at radius 3 is 1.59 bits per heavy atom. The lowest BCUT2D eigenvalue weighted by atomic mass is 10.0. The van der Waals surface area contributed by atoms with E-state index in [-0.39, 0.29) is 0 Å². The third-order valence-electron chi connectivity index (χ3n) is 6.06. The molecule has 0 saturated heterocycles. The molecule has 1 aromatic carbocycles. The molecule has 0 aliphatic rings. The number of benzene rings is 1. The van der Waals surface area contributed by atoms with E-state index in [1.807, 2.05) is 42.3 Å². The first-order valence-electron chi connectivity index (χ1n) is 12.9. The van der Waals surface area contributed by atoms with Crippen LogP contribution in [0.3, 0.4) is 0 Å². The van der Waals surface area contributed by atoms with Gasteiger partial charge in [0.15, 0.2) is 5.96 Å². The van der Waals surface area contributed by atoms with Gasteiger partial charge in [-0.05, 0) is 25.0 Å². The lowest BCUT2D eigenvalue weighted by Crippen LogP contribution is -2.34. The zero-order valence-corrected chi connectivity index (χ0v) is 20.4. The average Bonchev–Trinajstić information content (AvgIpc) is 2.80. The van der Waals surface area contributed by atoms with Crippen LogP contribution in [0.15, 0.2) is 35.3 Å². The van der Waals surface area contributed by atoms with E-state index in [0.29, 0.717) is 12.4 Å². The highest BCUT2D eigenvalue weighted by atomic mass is 16.4. The molecule has 182 valence electrons. The third-order valence-corrected chi connectivity index (χ3v) is 6.06. The van der Waals surface area contributed by atoms with E-state index in [1.165, 1.54) is 83.5 Å². The summed E-state index contributed by atoms with van der Waals surface area (Å²) in [4.78, 5) is 16.9. The van der Waals surface area contributed by atoms with E-state index in [1.54, 1.807) is 0 Å². The van der Waals surface area contributed by atoms with Crippen LogP contribution in [0.1, 0.15) is 109 Å². The fourth-order valence-corrected chi connectivity index (χ4v) is 3.95. The van der Waals surface area contributed by atoms with E-state index in [2.05, 4.69) is 4.99 Å². The molecule has 5 nitrogen and oxygen atoms in total.